The number of nitrogens with one attached hydrogen (secondary N) is 2. The first-order valence-electron chi connectivity index (χ1n) is 6.70. The van der Waals surface area contributed by atoms with Gasteiger partial charge >= 0.3 is 0 Å². The normalized spacial score (nSPS) is 10.9. The highest BCUT2D eigenvalue weighted by Crippen LogP contribution is 2.15. The van der Waals surface area contributed by atoms with E-state index in [1.165, 1.54) is 0 Å². The molecular formula is C16H18N4OS. The fourth-order valence-electron chi connectivity index (χ4n) is 1.85. The van der Waals surface area contributed by atoms with Gasteiger partial charge in [0.05, 0.1) is 12.8 Å². The highest BCUT2D eigenvalue weighted by molar-refractivity contribution is 7.80. The molecule has 2 aromatic carbocycles. The fourth-order valence-corrected chi connectivity index (χ4v) is 2.02. The van der Waals surface area contributed by atoms with Crippen molar-refractivity contribution >= 4 is 34.4 Å². The lowest BCUT2D eigenvalue weighted by Gasteiger charge is -2.09. The molecule has 5 nitrogen and oxygen atoms in total. The van der Waals surface area contributed by atoms with Crippen LogP contribution in [0.1, 0.15) is 12.5 Å². The highest BCUT2D eigenvalue weighted by atomic mass is 32.1. The summed E-state index contributed by atoms with van der Waals surface area (Å²) < 4.78 is 5.10. The largest absolute Gasteiger partial charge is 0.497 e. The van der Waals surface area contributed by atoms with Gasteiger partial charge in [0.2, 0.25) is 0 Å². The zero-order chi connectivity index (χ0) is 15.9. The second-order valence-corrected chi connectivity index (χ2v) is 4.99. The molecule has 0 unspecified atom stereocenters. The molecule has 0 bridgehead atoms. The number of ether oxygens (including phenoxy) is 1. The molecule has 0 saturated heterocycles. The van der Waals surface area contributed by atoms with E-state index in [-0.39, 0.29) is 0 Å². The van der Waals surface area contributed by atoms with E-state index in [0.717, 1.165) is 22.7 Å². The zero-order valence-electron chi connectivity index (χ0n) is 12.5. The number of nitrogens with two attached hydrogens (primary N) is 1. The van der Waals surface area contributed by atoms with E-state index in [1.54, 1.807) is 7.11 Å². The maximum atomic E-state index is 5.91. The Morgan fingerprint density at radius 3 is 2.45 bits per heavy atom. The average molecular weight is 314 g/mol. The molecule has 4 N–H and O–H groups in total. The van der Waals surface area contributed by atoms with Gasteiger partial charge in [0, 0.05) is 16.9 Å². The van der Waals surface area contributed by atoms with Crippen LogP contribution in [0.2, 0.25) is 0 Å². The van der Waals surface area contributed by atoms with E-state index in [2.05, 4.69) is 15.8 Å². The molecule has 0 spiro atoms. The van der Waals surface area contributed by atoms with Crippen molar-refractivity contribution in [1.82, 2.24) is 5.43 Å². The van der Waals surface area contributed by atoms with Gasteiger partial charge < -0.3 is 15.8 Å². The summed E-state index contributed by atoms with van der Waals surface area (Å²) >= 11 is 5.21. The summed E-state index contributed by atoms with van der Waals surface area (Å²) in [6, 6.07) is 15.0. The molecule has 0 atom stereocenters. The number of hydrogen-bond acceptors (Lipinski definition) is 4. The van der Waals surface area contributed by atoms with Crippen LogP contribution in [-0.4, -0.2) is 17.9 Å². The Labute approximate surface area is 135 Å². The van der Waals surface area contributed by atoms with Crippen molar-refractivity contribution < 1.29 is 4.74 Å². The first kappa shape index (κ1) is 15.8. The lowest BCUT2D eigenvalue weighted by molar-refractivity contribution is 0.415. The molecule has 0 aliphatic rings. The van der Waals surface area contributed by atoms with Crippen molar-refractivity contribution in [2.45, 2.75) is 6.92 Å². The fraction of sp³-hybridized carbons (Fsp3) is 0.125. The standard InChI is InChI=1S/C16H18N4OS/c1-11(14-5-3-4-6-15(14)17)19-20-16(22)18-12-7-9-13(21-2)10-8-12/h3-10H,17H2,1-2H3,(H2,18,20,22)/b19-11+. The third-order valence-corrected chi connectivity index (χ3v) is 3.22. The van der Waals surface area contributed by atoms with E-state index < -0.39 is 0 Å². The van der Waals surface area contributed by atoms with Gasteiger partial charge in [-0.25, -0.2) is 0 Å². The minimum atomic E-state index is 0.402. The summed E-state index contributed by atoms with van der Waals surface area (Å²) in [5.74, 6) is 0.790. The minimum absolute atomic E-state index is 0.402. The first-order valence-corrected chi connectivity index (χ1v) is 7.11. The molecule has 0 amide bonds. The number of rotatable bonds is 4. The van der Waals surface area contributed by atoms with Crippen LogP contribution in [0, 0.1) is 0 Å². The van der Waals surface area contributed by atoms with Gasteiger partial charge in [0.15, 0.2) is 5.11 Å². The second-order valence-electron chi connectivity index (χ2n) is 4.58. The summed E-state index contributed by atoms with van der Waals surface area (Å²) in [6.07, 6.45) is 0. The number of para-hydroxylation sites is 1. The number of nitrogens with zero attached hydrogens (tertiary/aromatic N) is 1. The molecule has 6 heteroatoms. The summed E-state index contributed by atoms with van der Waals surface area (Å²) in [6.45, 7) is 1.87. The SMILES string of the molecule is COc1ccc(NC(=S)N/N=C(\C)c2ccccc2N)cc1. The summed E-state index contributed by atoms with van der Waals surface area (Å²) in [4.78, 5) is 0. The molecule has 0 aliphatic carbocycles. The Hall–Kier alpha value is -2.60. The Morgan fingerprint density at radius 1 is 1.14 bits per heavy atom. The molecule has 0 fully saturated rings. The van der Waals surface area contributed by atoms with Gasteiger partial charge in [0.25, 0.3) is 0 Å². The van der Waals surface area contributed by atoms with Crippen molar-refractivity contribution in [3.05, 3.63) is 54.1 Å². The molecular weight excluding hydrogens is 296 g/mol. The smallest absolute Gasteiger partial charge is 0.191 e. The van der Waals surface area contributed by atoms with Crippen molar-refractivity contribution in [1.29, 1.82) is 0 Å². The van der Waals surface area contributed by atoms with E-state index in [0.29, 0.717) is 10.8 Å². The van der Waals surface area contributed by atoms with Crippen molar-refractivity contribution in [3.8, 4) is 5.75 Å². The molecule has 0 heterocycles. The van der Waals surface area contributed by atoms with Crippen LogP contribution in [0.15, 0.2) is 53.6 Å². The van der Waals surface area contributed by atoms with Crippen LogP contribution < -0.4 is 21.2 Å². The van der Waals surface area contributed by atoms with Crippen LogP contribution in [0.4, 0.5) is 11.4 Å². The minimum Gasteiger partial charge on any atom is -0.497 e. The lowest BCUT2D eigenvalue weighted by atomic mass is 10.1. The summed E-state index contributed by atoms with van der Waals surface area (Å²) in [7, 11) is 1.63. The number of hydrogen-bond donors (Lipinski definition) is 3. The molecule has 0 saturated carbocycles. The Kier molecular flexibility index (Phi) is 5.32. The van der Waals surface area contributed by atoms with Crippen LogP contribution >= 0.6 is 12.2 Å². The van der Waals surface area contributed by atoms with E-state index >= 15 is 0 Å². The molecule has 22 heavy (non-hydrogen) atoms. The molecule has 2 aromatic rings. The molecule has 0 radical (unpaired) electrons. The predicted molar refractivity (Wildman–Crippen MR) is 95.4 cm³/mol. The maximum Gasteiger partial charge on any atom is 0.191 e. The Morgan fingerprint density at radius 2 is 1.82 bits per heavy atom. The number of nitrogen functional groups attached to an aromatic ring is 1. The molecule has 2 rings (SSSR count). The Bertz CT molecular complexity index is 683. The highest BCUT2D eigenvalue weighted by Gasteiger charge is 2.02. The van der Waals surface area contributed by atoms with E-state index in [4.69, 9.17) is 22.7 Å². The number of thiocarbonyl (C=S) groups is 1. The molecule has 0 aliphatic heterocycles. The van der Waals surface area contributed by atoms with Gasteiger partial charge in [-0.15, -0.1) is 0 Å². The number of hydrazone groups is 1. The Balaban J connectivity index is 1.97. The third kappa shape index (κ3) is 4.20. The van der Waals surface area contributed by atoms with Crippen LogP contribution in [-0.2, 0) is 0 Å². The van der Waals surface area contributed by atoms with E-state index in [9.17, 15) is 0 Å². The quantitative estimate of drug-likeness (QED) is 0.350. The van der Waals surface area contributed by atoms with Crippen molar-refractivity contribution in [2.75, 3.05) is 18.2 Å². The monoisotopic (exact) mass is 314 g/mol. The summed E-state index contributed by atoms with van der Waals surface area (Å²) in [5.41, 5.74) is 11.9. The zero-order valence-corrected chi connectivity index (χ0v) is 13.3. The summed E-state index contributed by atoms with van der Waals surface area (Å²) in [5, 5.41) is 7.69. The first-order chi connectivity index (χ1) is 10.6. The number of benzene rings is 2. The number of anilines is 2. The van der Waals surface area contributed by atoms with Crippen LogP contribution in [0.3, 0.4) is 0 Å². The lowest BCUT2D eigenvalue weighted by Crippen LogP contribution is -2.25. The second kappa shape index (κ2) is 7.42. The van der Waals surface area contributed by atoms with Crippen molar-refractivity contribution in [3.63, 3.8) is 0 Å². The number of methoxy groups -OCH3 is 1. The third-order valence-electron chi connectivity index (χ3n) is 3.02. The molecule has 114 valence electrons. The molecule has 0 aromatic heterocycles. The van der Waals surface area contributed by atoms with Crippen LogP contribution in [0.25, 0.3) is 0 Å². The maximum absolute atomic E-state index is 5.91. The van der Waals surface area contributed by atoms with Gasteiger partial charge in [-0.1, -0.05) is 18.2 Å². The average Bonchev–Trinajstić information content (AvgIpc) is 2.54. The van der Waals surface area contributed by atoms with Gasteiger partial charge in [-0.05, 0) is 49.5 Å². The topological polar surface area (TPSA) is 71.7 Å². The van der Waals surface area contributed by atoms with Gasteiger partial charge in [-0.3, -0.25) is 5.43 Å². The predicted octanol–water partition coefficient (Wildman–Crippen LogP) is 2.99. The van der Waals surface area contributed by atoms with Gasteiger partial charge in [0.1, 0.15) is 5.75 Å². The van der Waals surface area contributed by atoms with Gasteiger partial charge in [-0.2, -0.15) is 5.10 Å². The van der Waals surface area contributed by atoms with E-state index in [1.807, 2.05) is 55.5 Å². The van der Waals surface area contributed by atoms with Crippen LogP contribution in [0.5, 0.6) is 5.75 Å². The van der Waals surface area contributed by atoms with Crippen molar-refractivity contribution in [2.24, 2.45) is 5.10 Å².